The molecule has 0 aliphatic heterocycles. The molecule has 0 spiro atoms. The summed E-state index contributed by atoms with van der Waals surface area (Å²) in [5.41, 5.74) is 7.23. The van der Waals surface area contributed by atoms with E-state index in [2.05, 4.69) is 9.97 Å². The minimum absolute atomic E-state index is 0.288. The molecule has 2 aromatic heterocycles. The van der Waals surface area contributed by atoms with E-state index in [1.807, 2.05) is 17.9 Å². The molecule has 20 heavy (non-hydrogen) atoms. The fourth-order valence-corrected chi connectivity index (χ4v) is 2.21. The zero-order chi connectivity index (χ0) is 14.1. The number of anilines is 3. The number of fused-ring (bicyclic) bond motifs is 1. The van der Waals surface area contributed by atoms with Gasteiger partial charge in [-0.1, -0.05) is 6.07 Å². The maximum Gasteiger partial charge on any atom is 0.180 e. The van der Waals surface area contributed by atoms with Crippen molar-refractivity contribution in [3.63, 3.8) is 0 Å². The highest BCUT2D eigenvalue weighted by Gasteiger charge is 2.15. The van der Waals surface area contributed by atoms with Gasteiger partial charge in [0.2, 0.25) is 0 Å². The molecule has 0 aliphatic rings. The Kier molecular flexibility index (Phi) is 2.98. The zero-order valence-electron chi connectivity index (χ0n) is 11.0. The minimum Gasteiger partial charge on any atom is -0.382 e. The summed E-state index contributed by atoms with van der Waals surface area (Å²) in [5, 5.41) is 0. The van der Waals surface area contributed by atoms with Crippen molar-refractivity contribution in [3.05, 3.63) is 48.7 Å². The standard InChI is InChI=1S/C14H14FN5/c1-2-20(11-5-3-4-10(15)8-11)14-13-17-6-7-19(13)9-12(16)18-14/h3-9H,2,16H2,1H3. The molecule has 2 heterocycles. The molecule has 0 unspecified atom stereocenters. The molecule has 0 saturated carbocycles. The summed E-state index contributed by atoms with van der Waals surface area (Å²) in [7, 11) is 0. The van der Waals surface area contributed by atoms with Crippen molar-refractivity contribution in [1.82, 2.24) is 14.4 Å². The van der Waals surface area contributed by atoms with Crippen LogP contribution in [0.5, 0.6) is 0 Å². The number of nitrogens with zero attached hydrogens (tertiary/aromatic N) is 4. The third-order valence-corrected chi connectivity index (χ3v) is 3.07. The van der Waals surface area contributed by atoms with Crippen LogP contribution in [0.3, 0.4) is 0 Å². The minimum atomic E-state index is -0.288. The van der Waals surface area contributed by atoms with Crippen LogP contribution in [0.4, 0.5) is 21.7 Å². The van der Waals surface area contributed by atoms with E-state index in [4.69, 9.17) is 5.73 Å². The van der Waals surface area contributed by atoms with Crippen LogP contribution < -0.4 is 10.6 Å². The van der Waals surface area contributed by atoms with E-state index >= 15 is 0 Å². The molecular weight excluding hydrogens is 257 g/mol. The van der Waals surface area contributed by atoms with Crippen LogP contribution in [0.15, 0.2) is 42.9 Å². The summed E-state index contributed by atoms with van der Waals surface area (Å²) < 4.78 is 15.2. The average Bonchev–Trinajstić information content (AvgIpc) is 2.87. The topological polar surface area (TPSA) is 59.5 Å². The Bertz CT molecular complexity index is 752. The Hall–Kier alpha value is -2.63. The van der Waals surface area contributed by atoms with Crippen LogP contribution in [0.25, 0.3) is 5.65 Å². The lowest BCUT2D eigenvalue weighted by Crippen LogP contribution is -2.19. The number of hydrogen-bond acceptors (Lipinski definition) is 4. The van der Waals surface area contributed by atoms with E-state index in [1.54, 1.807) is 29.1 Å². The number of aromatic nitrogens is 3. The number of rotatable bonds is 3. The molecule has 3 rings (SSSR count). The summed E-state index contributed by atoms with van der Waals surface area (Å²) in [4.78, 5) is 10.5. The second kappa shape index (κ2) is 4.80. The summed E-state index contributed by atoms with van der Waals surface area (Å²) in [6, 6.07) is 6.38. The van der Waals surface area contributed by atoms with Gasteiger partial charge in [0.05, 0.1) is 6.20 Å². The highest BCUT2D eigenvalue weighted by Crippen LogP contribution is 2.27. The number of hydrogen-bond donors (Lipinski definition) is 1. The fourth-order valence-electron chi connectivity index (χ4n) is 2.21. The van der Waals surface area contributed by atoms with Crippen molar-refractivity contribution in [2.75, 3.05) is 17.2 Å². The van der Waals surface area contributed by atoms with Crippen molar-refractivity contribution < 1.29 is 4.39 Å². The lowest BCUT2D eigenvalue weighted by Gasteiger charge is -2.22. The van der Waals surface area contributed by atoms with Gasteiger partial charge in [0.25, 0.3) is 0 Å². The average molecular weight is 271 g/mol. The molecule has 3 aromatic rings. The van der Waals surface area contributed by atoms with Gasteiger partial charge in [-0.3, -0.25) is 0 Å². The summed E-state index contributed by atoms with van der Waals surface area (Å²) >= 11 is 0. The van der Waals surface area contributed by atoms with Crippen LogP contribution in [-0.2, 0) is 0 Å². The molecule has 1 aromatic carbocycles. The number of benzene rings is 1. The van der Waals surface area contributed by atoms with Gasteiger partial charge in [-0.05, 0) is 25.1 Å². The van der Waals surface area contributed by atoms with Crippen LogP contribution >= 0.6 is 0 Å². The third kappa shape index (κ3) is 2.05. The lowest BCUT2D eigenvalue weighted by molar-refractivity contribution is 0.627. The van der Waals surface area contributed by atoms with Crippen LogP contribution in [0.2, 0.25) is 0 Å². The molecular formula is C14H14FN5. The maximum atomic E-state index is 13.4. The highest BCUT2D eigenvalue weighted by atomic mass is 19.1. The Balaban J connectivity index is 2.18. The van der Waals surface area contributed by atoms with Crippen molar-refractivity contribution in [2.45, 2.75) is 6.92 Å². The number of nitrogen functional groups attached to an aromatic ring is 1. The Labute approximate surface area is 115 Å². The number of nitrogens with two attached hydrogens (primary N) is 1. The first kappa shape index (κ1) is 12.4. The molecule has 0 aliphatic carbocycles. The second-order valence-corrected chi connectivity index (χ2v) is 4.37. The predicted octanol–water partition coefficient (Wildman–Crippen LogP) is 2.61. The van der Waals surface area contributed by atoms with Gasteiger partial charge in [0.15, 0.2) is 11.5 Å². The van der Waals surface area contributed by atoms with Gasteiger partial charge >= 0.3 is 0 Å². The molecule has 0 radical (unpaired) electrons. The van der Waals surface area contributed by atoms with Crippen molar-refractivity contribution in [1.29, 1.82) is 0 Å². The van der Waals surface area contributed by atoms with Gasteiger partial charge in [0.1, 0.15) is 11.6 Å². The Morgan fingerprint density at radius 3 is 3.00 bits per heavy atom. The van der Waals surface area contributed by atoms with Gasteiger partial charge in [0, 0.05) is 24.6 Å². The van der Waals surface area contributed by atoms with Gasteiger partial charge in [-0.2, -0.15) is 0 Å². The molecule has 0 amide bonds. The molecule has 0 fully saturated rings. The van der Waals surface area contributed by atoms with Crippen molar-refractivity contribution in [3.8, 4) is 0 Å². The molecule has 6 heteroatoms. The Morgan fingerprint density at radius 1 is 1.40 bits per heavy atom. The predicted molar refractivity (Wildman–Crippen MR) is 76.5 cm³/mol. The molecule has 0 bridgehead atoms. The normalized spacial score (nSPS) is 10.9. The quantitative estimate of drug-likeness (QED) is 0.795. The largest absolute Gasteiger partial charge is 0.382 e. The van der Waals surface area contributed by atoms with Gasteiger partial charge in [-0.25, -0.2) is 14.4 Å². The molecule has 0 atom stereocenters. The van der Waals surface area contributed by atoms with E-state index < -0.39 is 0 Å². The van der Waals surface area contributed by atoms with E-state index in [-0.39, 0.29) is 5.82 Å². The van der Waals surface area contributed by atoms with Crippen LogP contribution in [0.1, 0.15) is 6.92 Å². The van der Waals surface area contributed by atoms with E-state index in [0.717, 1.165) is 5.69 Å². The van der Waals surface area contributed by atoms with E-state index in [9.17, 15) is 4.39 Å². The monoisotopic (exact) mass is 271 g/mol. The highest BCUT2D eigenvalue weighted by molar-refractivity contribution is 5.73. The third-order valence-electron chi connectivity index (χ3n) is 3.07. The SMILES string of the molecule is CCN(c1cccc(F)c1)c1nc(N)cn2ccnc12. The first-order valence-electron chi connectivity index (χ1n) is 6.31. The first-order valence-corrected chi connectivity index (χ1v) is 6.31. The smallest absolute Gasteiger partial charge is 0.180 e. The molecule has 102 valence electrons. The first-order chi connectivity index (χ1) is 9.69. The van der Waals surface area contributed by atoms with Crippen LogP contribution in [-0.4, -0.2) is 20.9 Å². The van der Waals surface area contributed by atoms with Crippen LogP contribution in [0, 0.1) is 5.82 Å². The Morgan fingerprint density at radius 2 is 2.25 bits per heavy atom. The second-order valence-electron chi connectivity index (χ2n) is 4.37. The number of halogens is 1. The maximum absolute atomic E-state index is 13.4. The number of imidazole rings is 1. The summed E-state index contributed by atoms with van der Waals surface area (Å²) in [6.45, 7) is 2.59. The van der Waals surface area contributed by atoms with E-state index in [0.29, 0.717) is 23.8 Å². The van der Waals surface area contributed by atoms with Gasteiger partial charge < -0.3 is 15.0 Å². The van der Waals surface area contributed by atoms with Crippen molar-refractivity contribution in [2.24, 2.45) is 0 Å². The molecule has 2 N–H and O–H groups in total. The van der Waals surface area contributed by atoms with Gasteiger partial charge in [-0.15, -0.1) is 0 Å². The zero-order valence-corrected chi connectivity index (χ0v) is 11.0. The van der Waals surface area contributed by atoms with Crippen molar-refractivity contribution >= 4 is 23.0 Å². The molecule has 0 saturated heterocycles. The fraction of sp³-hybridized carbons (Fsp3) is 0.143. The lowest BCUT2D eigenvalue weighted by atomic mass is 10.2. The van der Waals surface area contributed by atoms with E-state index in [1.165, 1.54) is 12.1 Å². The summed E-state index contributed by atoms with van der Waals surface area (Å²) in [6.07, 6.45) is 5.18. The molecule has 5 nitrogen and oxygen atoms in total. The summed E-state index contributed by atoms with van der Waals surface area (Å²) in [5.74, 6) is 0.715.